The van der Waals surface area contributed by atoms with Gasteiger partial charge >= 0.3 is 0 Å². The van der Waals surface area contributed by atoms with Gasteiger partial charge in [-0.05, 0) is 160 Å². The van der Waals surface area contributed by atoms with Gasteiger partial charge in [-0.1, -0.05) is 51.5 Å². The molecule has 5 aromatic heterocycles. The van der Waals surface area contributed by atoms with Gasteiger partial charge in [0.15, 0.2) is 25.2 Å². The summed E-state index contributed by atoms with van der Waals surface area (Å²) >= 11 is 0. The molecule has 35 heteroatoms. The first-order valence-electron chi connectivity index (χ1n) is 37.5. The van der Waals surface area contributed by atoms with Crippen molar-refractivity contribution in [2.24, 2.45) is 35.8 Å². The quantitative estimate of drug-likeness (QED) is 0.143. The molecule has 11 aliphatic rings. The maximum atomic E-state index is 13.3. The van der Waals surface area contributed by atoms with Crippen LogP contribution in [-0.4, -0.2) is 207 Å². The van der Waals surface area contributed by atoms with Crippen LogP contribution in [0.15, 0.2) is 141 Å². The van der Waals surface area contributed by atoms with Gasteiger partial charge in [0.25, 0.3) is 50.1 Å². The number of fused-ring (bicyclic) bond motifs is 7. The first kappa shape index (κ1) is 80.8. The van der Waals surface area contributed by atoms with Gasteiger partial charge in [0, 0.05) is 149 Å². The third kappa shape index (κ3) is 17.0. The second-order valence-corrected chi connectivity index (χ2v) is 40.1. The number of hydrogen-bond acceptors (Lipinski definition) is 23. The molecule has 1 unspecified atom stereocenters. The standard InChI is InChI=1S/C19H21N3O3S.C17H23N3O2S.C14H19N3O2S.2C13H16N4O3S/c23-13-15-4-1-2-5-16(15)14-7-10-22(11-8-14)26(24,25)19-17-6-3-9-20-18(17)12-21-19;1-16(2)7-12-8-17(3,10-16)11-20(12)23(21,22)15-13-5-4-6-18-14(13)9-19-15;1-10-5-3-6-11(2)17(10)20(18,19)14-12-7-4-8-15-13(12)9-16-14;2*1-9(18)16-10-4-6-17(8-10)21(19,20)13-11-3-2-5-14-12(11)7-15-13/h1-6,9,14,23H,7-8,10-13H2;4-6,12H,7-11H2,1-3H3;4,7-8,10-11H,3,5-6,9H2,1-2H3;2*2-3,5,10H,4,6-8H2,1H3,(H,16,18)/t;12?,17-;10-,11+;2*10-/m.0.10/s1. The lowest BCUT2D eigenvalue weighted by atomic mass is 9.65. The number of sulfonamides is 5. The van der Waals surface area contributed by atoms with Crippen LogP contribution in [0.1, 0.15) is 186 Å². The molecule has 17 rings (SSSR count). The molecule has 1 aliphatic carbocycles. The monoisotopic (exact) mass is 1610 g/mol. The van der Waals surface area contributed by atoms with E-state index < -0.39 is 50.1 Å². The van der Waals surface area contributed by atoms with Crippen LogP contribution in [0.2, 0.25) is 0 Å². The van der Waals surface area contributed by atoms with Crippen molar-refractivity contribution in [2.75, 3.05) is 45.8 Å². The van der Waals surface area contributed by atoms with Crippen LogP contribution in [-0.2, 0) is 99.0 Å². The van der Waals surface area contributed by atoms with Crippen molar-refractivity contribution < 1.29 is 56.8 Å². The molecule has 6 atom stereocenters. The zero-order chi connectivity index (χ0) is 79.0. The van der Waals surface area contributed by atoms with Gasteiger partial charge in [0.1, 0.15) is 0 Å². The topological polar surface area (TPSA) is 392 Å². The number of benzene rings is 1. The molecule has 2 amide bonds. The van der Waals surface area contributed by atoms with Crippen molar-refractivity contribution in [3.8, 4) is 0 Å². The van der Waals surface area contributed by atoms with E-state index in [9.17, 15) is 56.8 Å². The molecule has 6 fully saturated rings. The average molecular weight is 1620 g/mol. The first-order valence-corrected chi connectivity index (χ1v) is 44.7. The van der Waals surface area contributed by atoms with E-state index in [2.05, 4.69) is 81.3 Å². The zero-order valence-corrected chi connectivity index (χ0v) is 67.4. The van der Waals surface area contributed by atoms with E-state index in [1.165, 1.54) is 26.8 Å². The summed E-state index contributed by atoms with van der Waals surface area (Å²) in [6, 6.07) is 25.3. The Kier molecular flexibility index (Phi) is 23.8. The number of carbonyl (C=O) groups excluding carboxylic acids is 2. The lowest BCUT2D eigenvalue weighted by Crippen LogP contribution is -2.49. The van der Waals surface area contributed by atoms with Crippen LogP contribution in [0.3, 0.4) is 0 Å². The Morgan fingerprint density at radius 3 is 1.21 bits per heavy atom. The summed E-state index contributed by atoms with van der Waals surface area (Å²) in [7, 11) is -17.9. The number of piperidine rings is 2. The highest BCUT2D eigenvalue weighted by Gasteiger charge is 2.55. The molecule has 1 aromatic carbocycles. The van der Waals surface area contributed by atoms with Crippen LogP contribution in [0, 0.1) is 10.8 Å². The summed E-state index contributed by atoms with van der Waals surface area (Å²) in [5.41, 5.74) is 9.07. The van der Waals surface area contributed by atoms with Gasteiger partial charge in [-0.3, -0.25) is 59.5 Å². The number of hydrogen-bond donors (Lipinski definition) is 3. The molecular weight excluding hydrogens is 1520 g/mol. The number of nitrogens with one attached hydrogen (secondary N) is 2. The van der Waals surface area contributed by atoms with Crippen molar-refractivity contribution in [1.29, 1.82) is 0 Å². The highest BCUT2D eigenvalue weighted by molar-refractivity contribution is 8.06. The normalized spacial score (nSPS) is 24.3. The molecule has 1 saturated carbocycles. The highest BCUT2D eigenvalue weighted by Crippen LogP contribution is 2.54. The van der Waals surface area contributed by atoms with Crippen LogP contribution in [0.4, 0.5) is 0 Å². The van der Waals surface area contributed by atoms with Crippen molar-refractivity contribution in [1.82, 2.24) is 57.1 Å². The third-order valence-corrected chi connectivity index (χ3v) is 31.6. The van der Waals surface area contributed by atoms with E-state index in [1.54, 1.807) is 94.2 Å². The largest absolute Gasteiger partial charge is 0.392 e. The number of aliphatic hydroxyl groups is 1. The van der Waals surface area contributed by atoms with Crippen LogP contribution in [0.5, 0.6) is 0 Å². The smallest absolute Gasteiger partial charge is 0.261 e. The number of aromatic nitrogens is 5. The van der Waals surface area contributed by atoms with E-state index in [1.807, 2.05) is 44.2 Å². The minimum absolute atomic E-state index is 0.00920. The lowest BCUT2D eigenvalue weighted by molar-refractivity contribution is -0.120. The summed E-state index contributed by atoms with van der Waals surface area (Å²) in [5.74, 6) is -0.0247. The third-order valence-electron chi connectivity index (χ3n) is 22.0. The molecule has 5 saturated heterocycles. The minimum Gasteiger partial charge on any atom is -0.392 e. The summed E-state index contributed by atoms with van der Waals surface area (Å²) in [6.45, 7) is 18.1. The summed E-state index contributed by atoms with van der Waals surface area (Å²) in [5, 5.41) is 15.8. The Labute approximate surface area is 649 Å². The van der Waals surface area contributed by atoms with Gasteiger partial charge in [-0.2, -0.15) is 21.5 Å². The van der Waals surface area contributed by atoms with E-state index in [0.29, 0.717) is 117 Å². The van der Waals surface area contributed by atoms with Crippen molar-refractivity contribution in [3.63, 3.8) is 0 Å². The number of aliphatic hydroxyl groups excluding tert-OH is 1. The fourth-order valence-electron chi connectivity index (χ4n) is 17.4. The molecule has 3 N–H and O–H groups in total. The first-order chi connectivity index (χ1) is 52.8. The molecule has 111 heavy (non-hydrogen) atoms. The number of carbonyl (C=O) groups is 2. The molecule has 30 nitrogen and oxygen atoms in total. The lowest BCUT2D eigenvalue weighted by Gasteiger charge is -2.39. The summed E-state index contributed by atoms with van der Waals surface area (Å²) in [4.78, 5) is 64.2. The number of aliphatic imine (C=N–C) groups is 5. The predicted molar refractivity (Wildman–Crippen MR) is 421 cm³/mol. The number of amides is 2. The molecular formula is C76H95N17O13S5. The van der Waals surface area contributed by atoms with E-state index in [4.69, 9.17) is 0 Å². The SMILES string of the molecule is CC(=O)N[C@@H]1CCN(S(=O)(=O)C2=NCc3ncccc32)C1.CC(=O)N[C@H]1CCN(S(=O)(=O)C2=NCc3ncccc32)C1.CC1(C)CC2C[C@](C)(CN2S(=O)(=O)C2=NCc3ncccc32)C1.C[C@@H]1CCC[C@H](C)N1S(=O)(=O)C1=NCc2ncccc21.O=S(=O)(C1=NCc2ncccc21)N1CCC(c2ccccc2CO)CC1. The fourth-order valence-corrected chi connectivity index (χ4v) is 26.3. The fraction of sp³-hybridized carbons (Fsp3) is 0.500. The summed E-state index contributed by atoms with van der Waals surface area (Å²) in [6.07, 6.45) is 16.9. The van der Waals surface area contributed by atoms with E-state index >= 15 is 0 Å². The number of pyridine rings is 5. The second-order valence-electron chi connectivity index (χ2n) is 31.0. The van der Waals surface area contributed by atoms with Gasteiger partial charge < -0.3 is 15.7 Å². The maximum Gasteiger partial charge on any atom is 0.261 e. The van der Waals surface area contributed by atoms with Gasteiger partial charge in [0.2, 0.25) is 11.8 Å². The molecule has 2 bridgehead atoms. The molecule has 10 aliphatic heterocycles. The average Bonchev–Trinajstić information content (AvgIpc) is 1.60. The molecule has 0 radical (unpaired) electrons. The Morgan fingerprint density at radius 2 is 0.820 bits per heavy atom. The zero-order valence-electron chi connectivity index (χ0n) is 63.3. The second kappa shape index (κ2) is 32.7. The minimum atomic E-state index is -3.63. The molecule has 6 aromatic rings. The molecule has 592 valence electrons. The molecule has 15 heterocycles. The van der Waals surface area contributed by atoms with Crippen molar-refractivity contribution in [3.05, 3.63) is 183 Å². The van der Waals surface area contributed by atoms with Gasteiger partial charge in [0.05, 0.1) is 67.8 Å². The van der Waals surface area contributed by atoms with Gasteiger partial charge in [-0.15, -0.1) is 0 Å². The Bertz CT molecular complexity index is 5210. The van der Waals surface area contributed by atoms with Crippen molar-refractivity contribution >= 4 is 87.1 Å². The van der Waals surface area contributed by atoms with E-state index in [-0.39, 0.29) is 104 Å². The number of nitrogens with zero attached hydrogens (tertiary/aromatic N) is 15. The van der Waals surface area contributed by atoms with Crippen LogP contribution in [0.25, 0.3) is 0 Å². The Balaban J connectivity index is 0.000000122. The predicted octanol–water partition coefficient (Wildman–Crippen LogP) is 6.31. The maximum absolute atomic E-state index is 13.3. The van der Waals surface area contributed by atoms with Gasteiger partial charge in [-0.25, -0.2) is 42.1 Å². The van der Waals surface area contributed by atoms with Crippen LogP contribution < -0.4 is 10.6 Å². The number of rotatable bonds is 9. The highest BCUT2D eigenvalue weighted by atomic mass is 32.2. The summed E-state index contributed by atoms with van der Waals surface area (Å²) < 4.78 is 137. The Morgan fingerprint density at radius 1 is 0.459 bits per heavy atom. The van der Waals surface area contributed by atoms with E-state index in [0.717, 1.165) is 79.6 Å². The van der Waals surface area contributed by atoms with Crippen LogP contribution >= 0.6 is 0 Å². The van der Waals surface area contributed by atoms with Crippen molar-refractivity contribution in [2.45, 2.75) is 188 Å². The molecule has 0 spiro atoms. The Hall–Kier alpha value is -8.23.